The van der Waals surface area contributed by atoms with Crippen molar-refractivity contribution in [2.24, 2.45) is 10.5 Å². The highest BCUT2D eigenvalue weighted by atomic mass is 32.2. The smallest absolute Gasteiger partial charge is 0.326 e. The van der Waals surface area contributed by atoms with Crippen molar-refractivity contribution in [1.29, 1.82) is 0 Å². The van der Waals surface area contributed by atoms with Crippen LogP contribution in [0, 0.1) is 5.41 Å². The van der Waals surface area contributed by atoms with E-state index in [0.29, 0.717) is 80.0 Å². The van der Waals surface area contributed by atoms with E-state index in [1.54, 1.807) is 41.5 Å². The number of carbonyl (C=O) groups excluding carboxylic acids is 2. The Labute approximate surface area is 358 Å². The summed E-state index contributed by atoms with van der Waals surface area (Å²) in [5, 5.41) is 21.6. The number of carbonyl (C=O) groups is 3. The molecule has 4 rings (SSSR count). The van der Waals surface area contributed by atoms with E-state index in [4.69, 9.17) is 0 Å². The fourth-order valence-corrected chi connectivity index (χ4v) is 9.54. The van der Waals surface area contributed by atoms with Crippen LogP contribution in [0.5, 0.6) is 0 Å². The second-order valence-electron chi connectivity index (χ2n) is 16.1. The van der Waals surface area contributed by atoms with Crippen LogP contribution in [0.1, 0.15) is 103 Å². The van der Waals surface area contributed by atoms with E-state index >= 15 is 0 Å². The van der Waals surface area contributed by atoms with Gasteiger partial charge in [-0.15, -0.1) is 0 Å². The molecule has 2 amide bonds. The van der Waals surface area contributed by atoms with Gasteiger partial charge in [-0.2, -0.15) is 34.9 Å². The Kier molecular flexibility index (Phi) is 16.8. The number of carboxylic acids is 1. The largest absolute Gasteiger partial charge is 0.480 e. The van der Waals surface area contributed by atoms with Crippen molar-refractivity contribution >= 4 is 65.2 Å². The van der Waals surface area contributed by atoms with Crippen molar-refractivity contribution in [3.05, 3.63) is 59.8 Å². The molecule has 0 radical (unpaired) electrons. The van der Waals surface area contributed by atoms with E-state index in [-0.39, 0.29) is 55.9 Å². The first-order valence-corrected chi connectivity index (χ1v) is 25.0. The molecule has 338 valence electrons. The van der Waals surface area contributed by atoms with Crippen LogP contribution in [0.4, 0.5) is 5.69 Å². The van der Waals surface area contributed by atoms with Crippen molar-refractivity contribution in [3.63, 3.8) is 0 Å². The predicted octanol–water partition coefficient (Wildman–Crippen LogP) is 4.14. The Bertz CT molecular complexity index is 2320. The molecule has 0 saturated carbocycles. The van der Waals surface area contributed by atoms with E-state index in [2.05, 4.69) is 15.7 Å². The maximum absolute atomic E-state index is 13.0. The molecule has 0 aliphatic carbocycles. The first-order chi connectivity index (χ1) is 28.4. The summed E-state index contributed by atoms with van der Waals surface area (Å²) in [5.74, 6) is -2.83. The van der Waals surface area contributed by atoms with E-state index in [9.17, 15) is 58.4 Å². The molecule has 6 N–H and O–H groups in total. The summed E-state index contributed by atoms with van der Waals surface area (Å²) in [7, 11) is -13.2. The predicted molar refractivity (Wildman–Crippen MR) is 228 cm³/mol. The van der Waals surface area contributed by atoms with Crippen LogP contribution in [0.2, 0.25) is 0 Å². The number of amides is 2. The quantitative estimate of drug-likeness (QED) is 0.142. The molecule has 3 atom stereocenters. The van der Waals surface area contributed by atoms with Gasteiger partial charge in [0.25, 0.3) is 30.4 Å². The molecule has 61 heavy (non-hydrogen) atoms. The van der Waals surface area contributed by atoms with Gasteiger partial charge >= 0.3 is 5.97 Å². The number of hydrazone groups is 1. The lowest BCUT2D eigenvalue weighted by atomic mass is 9.76. The van der Waals surface area contributed by atoms with E-state index in [1.807, 2.05) is 25.3 Å². The third-order valence-corrected chi connectivity index (χ3v) is 14.0. The summed E-state index contributed by atoms with van der Waals surface area (Å²) in [5.41, 5.74) is 1.39. The van der Waals surface area contributed by atoms with Crippen molar-refractivity contribution in [2.75, 3.05) is 31.1 Å². The minimum absolute atomic E-state index is 0.00775. The molecule has 1 aromatic rings. The van der Waals surface area contributed by atoms with Gasteiger partial charge in [0.05, 0.1) is 21.8 Å². The van der Waals surface area contributed by atoms with E-state index < -0.39 is 70.6 Å². The number of hydrogen-bond acceptors (Lipinski definition) is 11. The second-order valence-corrected chi connectivity index (χ2v) is 20.7. The zero-order valence-electron chi connectivity index (χ0n) is 34.7. The minimum atomic E-state index is -4.63. The van der Waals surface area contributed by atoms with Gasteiger partial charge in [-0.05, 0) is 96.8 Å². The Morgan fingerprint density at radius 2 is 1.61 bits per heavy atom. The highest BCUT2D eigenvalue weighted by molar-refractivity contribution is 7.86. The summed E-state index contributed by atoms with van der Waals surface area (Å²) < 4.78 is 102. The molecule has 18 nitrogen and oxygen atoms in total. The fraction of sp³-hybridized carbons (Fsp3) is 0.575. The fourth-order valence-electron chi connectivity index (χ4n) is 8.03. The highest BCUT2D eigenvalue weighted by Gasteiger charge is 2.48. The maximum atomic E-state index is 13.0. The standard InChI is InChI=1S/C40H57N5O13S3/c1-29-39(2)22-20-36(46)41-23-10-9-14-32(38(48)49)42-37(47)17-8-5-11-24-44-33-19-18-30(61(56,57)58)28-31(33)40(3,21-12-26-59(50,51)52)34(44)15-6-4-7-16-35(39)45(43-29)25-13-27-60(53,54)55/h4,6-7,15-16,18-19,28,32H,5,8-14,17,20-27H2,1-3H3,(H5-,41,42,46,47,48,49,50,51,52,53,54,55,56,57,58)/p+1. The summed E-state index contributed by atoms with van der Waals surface area (Å²) >= 11 is 0. The zero-order valence-corrected chi connectivity index (χ0v) is 37.2. The van der Waals surface area contributed by atoms with Gasteiger partial charge in [0, 0.05) is 66.9 Å². The van der Waals surface area contributed by atoms with Gasteiger partial charge in [-0.1, -0.05) is 18.2 Å². The van der Waals surface area contributed by atoms with Gasteiger partial charge in [0.2, 0.25) is 17.5 Å². The number of allylic oxidation sites excluding steroid dienone is 6. The first-order valence-electron chi connectivity index (χ1n) is 20.3. The topological polar surface area (TPSA) is 277 Å². The minimum Gasteiger partial charge on any atom is -0.480 e. The summed E-state index contributed by atoms with van der Waals surface area (Å²) in [6.45, 7) is 6.41. The molecule has 0 spiro atoms. The van der Waals surface area contributed by atoms with Crippen molar-refractivity contribution < 1.29 is 63.0 Å². The van der Waals surface area contributed by atoms with Crippen LogP contribution in [0.25, 0.3) is 0 Å². The number of rotatable bonds is 10. The third kappa shape index (κ3) is 13.9. The lowest BCUT2D eigenvalue weighted by Gasteiger charge is -2.29. The summed E-state index contributed by atoms with van der Waals surface area (Å²) in [6, 6.07) is 3.10. The van der Waals surface area contributed by atoms with Crippen LogP contribution in [-0.4, -0.2) is 120 Å². The summed E-state index contributed by atoms with van der Waals surface area (Å²) in [6.07, 6.45) is 12.3. The number of hydrogen-bond donors (Lipinski definition) is 6. The number of fused-ring (bicyclic) bond motifs is 3. The van der Waals surface area contributed by atoms with Gasteiger partial charge in [0.1, 0.15) is 12.6 Å². The van der Waals surface area contributed by atoms with Gasteiger partial charge < -0.3 is 15.7 Å². The van der Waals surface area contributed by atoms with Crippen LogP contribution in [0.15, 0.2) is 64.3 Å². The van der Waals surface area contributed by atoms with Crippen molar-refractivity contribution in [2.45, 2.75) is 114 Å². The molecule has 0 bridgehead atoms. The Morgan fingerprint density at radius 3 is 2.28 bits per heavy atom. The second kappa shape index (κ2) is 20.7. The normalized spacial score (nSPS) is 26.3. The monoisotopic (exact) mass is 912 g/mol. The molecule has 0 saturated heterocycles. The number of nitrogens with one attached hydrogen (secondary N) is 2. The number of nitrogens with zero attached hydrogens (tertiary/aromatic N) is 3. The summed E-state index contributed by atoms with van der Waals surface area (Å²) in [4.78, 5) is 37.4. The Balaban J connectivity index is 1.77. The maximum Gasteiger partial charge on any atom is 0.326 e. The first kappa shape index (κ1) is 49.4. The van der Waals surface area contributed by atoms with Gasteiger partial charge in [-0.3, -0.25) is 28.3 Å². The van der Waals surface area contributed by atoms with E-state index in [0.717, 1.165) is 0 Å². The molecular formula is C40H58N5O13S3+. The third-order valence-electron chi connectivity index (χ3n) is 11.5. The molecule has 3 unspecified atom stereocenters. The average Bonchev–Trinajstić information content (AvgIpc) is 3.52. The van der Waals surface area contributed by atoms with Crippen LogP contribution in [0.3, 0.4) is 0 Å². The van der Waals surface area contributed by atoms with Crippen LogP contribution in [-0.2, 0) is 50.2 Å². The lowest BCUT2D eigenvalue weighted by Crippen LogP contribution is -2.40. The van der Waals surface area contributed by atoms with Crippen molar-refractivity contribution in [1.82, 2.24) is 15.6 Å². The van der Waals surface area contributed by atoms with Crippen LogP contribution >= 0.6 is 0 Å². The number of benzene rings is 1. The van der Waals surface area contributed by atoms with Crippen LogP contribution < -0.4 is 10.6 Å². The molecule has 0 aromatic heterocycles. The van der Waals surface area contributed by atoms with Crippen molar-refractivity contribution in [3.8, 4) is 0 Å². The molecular weight excluding hydrogens is 855 g/mol. The Morgan fingerprint density at radius 1 is 0.902 bits per heavy atom. The SMILES string of the molecule is CC1=NN(CCCS(=O)(=O)O)/C2=C/C=C/C=C/C3=[N+](CCCCCC(=O)NC(C(=O)O)CCCCNC(=O)CCC12C)c1ccc(S(=O)(=O)O)cc1C3(C)CCCS(=O)(=O)O. The molecule has 3 aliphatic heterocycles. The number of aliphatic carboxylic acids is 1. The van der Waals surface area contributed by atoms with Gasteiger partial charge in [0.15, 0.2) is 5.71 Å². The zero-order chi connectivity index (χ0) is 45.2. The molecule has 3 heterocycles. The number of carboxylic acid groups (broad SMARTS) is 1. The molecule has 21 heteroatoms. The molecule has 1 aromatic carbocycles. The average molecular weight is 913 g/mol. The molecule has 3 aliphatic rings. The Hall–Kier alpha value is -4.28. The van der Waals surface area contributed by atoms with Gasteiger partial charge in [-0.25, -0.2) is 4.79 Å². The highest BCUT2D eigenvalue weighted by Crippen LogP contribution is 2.45. The van der Waals surface area contributed by atoms with E-state index in [1.165, 1.54) is 12.1 Å². The molecule has 0 fully saturated rings. The lowest BCUT2D eigenvalue weighted by molar-refractivity contribution is -0.438.